The van der Waals surface area contributed by atoms with Gasteiger partial charge < -0.3 is 15.4 Å². The van der Waals surface area contributed by atoms with Crippen molar-refractivity contribution in [3.63, 3.8) is 0 Å². The predicted molar refractivity (Wildman–Crippen MR) is 92.7 cm³/mol. The van der Waals surface area contributed by atoms with Gasteiger partial charge in [-0.3, -0.25) is 0 Å². The molecule has 1 aromatic carbocycles. The minimum Gasteiger partial charge on any atom is -0.373 e. The van der Waals surface area contributed by atoms with Crippen LogP contribution in [0.4, 0.5) is 9.18 Å². The van der Waals surface area contributed by atoms with Gasteiger partial charge in [-0.25, -0.2) is 9.18 Å². The Morgan fingerprint density at radius 2 is 2.12 bits per heavy atom. The normalized spacial score (nSPS) is 20.5. The molecule has 0 bridgehead atoms. The summed E-state index contributed by atoms with van der Waals surface area (Å²) in [5.74, 6) is -0.255. The molecule has 24 heavy (non-hydrogen) atoms. The predicted octanol–water partition coefficient (Wildman–Crippen LogP) is 3.65. The van der Waals surface area contributed by atoms with Gasteiger partial charge in [0.05, 0.1) is 6.10 Å². The van der Waals surface area contributed by atoms with Crippen molar-refractivity contribution in [2.75, 3.05) is 13.2 Å². The van der Waals surface area contributed by atoms with E-state index >= 15 is 0 Å². The molecule has 4 nitrogen and oxygen atoms in total. The summed E-state index contributed by atoms with van der Waals surface area (Å²) in [5.41, 5.74) is 0.945. The molecule has 2 amide bonds. The fraction of sp³-hybridized carbons (Fsp3) is 0.389. The van der Waals surface area contributed by atoms with E-state index in [4.69, 9.17) is 4.74 Å². The zero-order chi connectivity index (χ0) is 16.8. The van der Waals surface area contributed by atoms with Crippen LogP contribution in [0.1, 0.15) is 29.4 Å². The van der Waals surface area contributed by atoms with Crippen LogP contribution in [0.15, 0.2) is 41.8 Å². The molecule has 1 saturated heterocycles. The Morgan fingerprint density at radius 3 is 2.88 bits per heavy atom. The van der Waals surface area contributed by atoms with Crippen molar-refractivity contribution < 1.29 is 13.9 Å². The zero-order valence-electron chi connectivity index (χ0n) is 13.3. The highest BCUT2D eigenvalue weighted by Gasteiger charge is 2.25. The van der Waals surface area contributed by atoms with Crippen molar-refractivity contribution in [3.8, 4) is 0 Å². The van der Waals surface area contributed by atoms with Gasteiger partial charge in [0.1, 0.15) is 5.82 Å². The average molecular weight is 348 g/mol. The van der Waals surface area contributed by atoms with Gasteiger partial charge in [-0.05, 0) is 48.4 Å². The Morgan fingerprint density at radius 1 is 1.29 bits per heavy atom. The molecule has 2 atom stereocenters. The maximum absolute atomic E-state index is 13.0. The van der Waals surface area contributed by atoms with Gasteiger partial charge in [-0.1, -0.05) is 18.2 Å². The largest absolute Gasteiger partial charge is 0.373 e. The quantitative estimate of drug-likeness (QED) is 0.866. The Labute approximate surface area is 145 Å². The number of nitrogens with one attached hydrogen (secondary N) is 2. The van der Waals surface area contributed by atoms with E-state index in [1.54, 1.807) is 23.5 Å². The lowest BCUT2D eigenvalue weighted by atomic mass is 9.97. The van der Waals surface area contributed by atoms with Crippen molar-refractivity contribution in [2.24, 2.45) is 0 Å². The van der Waals surface area contributed by atoms with E-state index in [-0.39, 0.29) is 24.0 Å². The van der Waals surface area contributed by atoms with Crippen LogP contribution in [0.5, 0.6) is 0 Å². The molecular formula is C18H21FN2O2S. The van der Waals surface area contributed by atoms with Crippen LogP contribution in [0.25, 0.3) is 0 Å². The number of hydrogen-bond donors (Lipinski definition) is 2. The highest BCUT2D eigenvalue weighted by molar-refractivity contribution is 7.09. The second-order valence-corrected chi connectivity index (χ2v) is 6.89. The number of amides is 2. The molecule has 2 aromatic rings. The number of thiophene rings is 1. The molecule has 1 fully saturated rings. The monoisotopic (exact) mass is 348 g/mol. The van der Waals surface area contributed by atoms with Crippen LogP contribution in [0, 0.1) is 5.82 Å². The van der Waals surface area contributed by atoms with E-state index in [1.807, 2.05) is 11.4 Å². The summed E-state index contributed by atoms with van der Waals surface area (Å²) in [4.78, 5) is 13.3. The first kappa shape index (κ1) is 16.9. The van der Waals surface area contributed by atoms with Crippen LogP contribution in [0.2, 0.25) is 0 Å². The molecule has 2 heterocycles. The Balaban J connectivity index is 1.44. The molecule has 3 rings (SSSR count). The third-order valence-corrected chi connectivity index (χ3v) is 5.03. The minimum atomic E-state index is -0.255. The van der Waals surface area contributed by atoms with Crippen LogP contribution in [-0.2, 0) is 11.2 Å². The van der Waals surface area contributed by atoms with E-state index in [0.717, 1.165) is 18.4 Å². The lowest BCUT2D eigenvalue weighted by Crippen LogP contribution is -2.45. The second kappa shape index (κ2) is 8.26. The smallest absolute Gasteiger partial charge is 0.315 e. The number of rotatable bonds is 5. The summed E-state index contributed by atoms with van der Waals surface area (Å²) >= 11 is 1.69. The molecule has 1 aliphatic rings. The molecule has 0 aliphatic carbocycles. The number of hydrogen-bond acceptors (Lipinski definition) is 3. The van der Waals surface area contributed by atoms with Crippen molar-refractivity contribution in [3.05, 3.63) is 58.0 Å². The number of halogens is 1. The standard InChI is InChI=1S/C18H21FN2O2S/c19-14-5-3-13(4-6-14)17-12-15(8-10-23-17)21-18(22)20-9-7-16-2-1-11-24-16/h1-6,11,15,17H,7-10,12H2,(H2,20,21,22)/t15-,17-/m0/s1. The highest BCUT2D eigenvalue weighted by atomic mass is 32.1. The lowest BCUT2D eigenvalue weighted by molar-refractivity contribution is 0.00224. The van der Waals surface area contributed by atoms with Gasteiger partial charge in [0.15, 0.2) is 0 Å². The summed E-state index contributed by atoms with van der Waals surface area (Å²) < 4.78 is 18.8. The van der Waals surface area contributed by atoms with E-state index in [1.165, 1.54) is 17.0 Å². The summed E-state index contributed by atoms with van der Waals surface area (Å²) in [7, 11) is 0. The van der Waals surface area contributed by atoms with Gasteiger partial charge >= 0.3 is 6.03 Å². The zero-order valence-corrected chi connectivity index (χ0v) is 14.2. The average Bonchev–Trinajstić information content (AvgIpc) is 3.09. The first-order valence-electron chi connectivity index (χ1n) is 8.14. The number of carbonyl (C=O) groups is 1. The summed E-state index contributed by atoms with van der Waals surface area (Å²) in [6, 6.07) is 10.4. The number of ether oxygens (including phenoxy) is 1. The topological polar surface area (TPSA) is 50.4 Å². The van der Waals surface area contributed by atoms with Crippen molar-refractivity contribution in [1.82, 2.24) is 10.6 Å². The SMILES string of the molecule is O=C(NCCc1cccs1)N[C@H]1CCO[C@H](c2ccc(F)cc2)C1. The molecule has 0 spiro atoms. The molecule has 6 heteroatoms. The molecule has 128 valence electrons. The highest BCUT2D eigenvalue weighted by Crippen LogP contribution is 2.28. The Hall–Kier alpha value is -1.92. The fourth-order valence-corrected chi connectivity index (χ4v) is 3.54. The van der Waals surface area contributed by atoms with E-state index in [9.17, 15) is 9.18 Å². The lowest BCUT2D eigenvalue weighted by Gasteiger charge is -2.30. The summed E-state index contributed by atoms with van der Waals surface area (Å²) in [6.45, 7) is 1.21. The van der Waals surface area contributed by atoms with Gasteiger partial charge in [0.25, 0.3) is 0 Å². The fourth-order valence-electron chi connectivity index (χ4n) is 2.83. The van der Waals surface area contributed by atoms with Crippen LogP contribution in [0.3, 0.4) is 0 Å². The molecule has 1 aromatic heterocycles. The Kier molecular flexibility index (Phi) is 5.82. The molecule has 0 radical (unpaired) electrons. The van der Waals surface area contributed by atoms with Crippen LogP contribution >= 0.6 is 11.3 Å². The van der Waals surface area contributed by atoms with Crippen LogP contribution in [-0.4, -0.2) is 25.2 Å². The van der Waals surface area contributed by atoms with Crippen LogP contribution < -0.4 is 10.6 Å². The van der Waals surface area contributed by atoms with Gasteiger partial charge in [0, 0.05) is 24.1 Å². The first-order valence-corrected chi connectivity index (χ1v) is 9.02. The van der Waals surface area contributed by atoms with Crippen molar-refractivity contribution >= 4 is 17.4 Å². The maximum atomic E-state index is 13.0. The minimum absolute atomic E-state index is 0.0653. The van der Waals surface area contributed by atoms with E-state index < -0.39 is 0 Å². The second-order valence-electron chi connectivity index (χ2n) is 5.86. The molecule has 0 unspecified atom stereocenters. The molecule has 1 aliphatic heterocycles. The van der Waals surface area contributed by atoms with Crippen molar-refractivity contribution in [2.45, 2.75) is 31.4 Å². The third-order valence-electron chi connectivity index (χ3n) is 4.10. The van der Waals surface area contributed by atoms with Crippen molar-refractivity contribution in [1.29, 1.82) is 0 Å². The number of carbonyl (C=O) groups excluding carboxylic acids is 1. The van der Waals surface area contributed by atoms with Gasteiger partial charge in [0.2, 0.25) is 0 Å². The third kappa shape index (κ3) is 4.79. The summed E-state index contributed by atoms with van der Waals surface area (Å²) in [5, 5.41) is 7.94. The molecule has 2 N–H and O–H groups in total. The summed E-state index contributed by atoms with van der Waals surface area (Å²) in [6.07, 6.45) is 2.23. The van der Waals surface area contributed by atoms with Gasteiger partial charge in [-0.2, -0.15) is 0 Å². The van der Waals surface area contributed by atoms with E-state index in [2.05, 4.69) is 16.7 Å². The number of benzene rings is 1. The first-order chi connectivity index (χ1) is 11.7. The van der Waals surface area contributed by atoms with Gasteiger partial charge in [-0.15, -0.1) is 11.3 Å². The molecular weight excluding hydrogens is 327 g/mol. The number of urea groups is 1. The van der Waals surface area contributed by atoms with E-state index in [0.29, 0.717) is 19.6 Å². The molecule has 0 saturated carbocycles. The maximum Gasteiger partial charge on any atom is 0.315 e. The Bertz CT molecular complexity index is 646.